The minimum Gasteiger partial charge on any atom is -0.380 e. The first-order valence-corrected chi connectivity index (χ1v) is 8.26. The van der Waals surface area contributed by atoms with Crippen molar-refractivity contribution in [2.45, 2.75) is 20.4 Å². The molecule has 0 saturated carbocycles. The molecule has 4 nitrogen and oxygen atoms in total. The summed E-state index contributed by atoms with van der Waals surface area (Å²) in [7, 11) is 0. The fourth-order valence-corrected chi connectivity index (χ4v) is 3.75. The summed E-state index contributed by atoms with van der Waals surface area (Å²) in [5, 5.41) is 9.31. The van der Waals surface area contributed by atoms with Gasteiger partial charge in [0, 0.05) is 17.5 Å². The van der Waals surface area contributed by atoms with Gasteiger partial charge in [-0.05, 0) is 36.6 Å². The molecule has 0 radical (unpaired) electrons. The van der Waals surface area contributed by atoms with Crippen LogP contribution >= 0.6 is 22.7 Å². The number of carbonyl (C=O) groups excluding carboxylic acids is 1. The number of nitrogens with one attached hydrogen (secondary N) is 2. The monoisotopic (exact) mass is 317 g/mol. The molecule has 21 heavy (non-hydrogen) atoms. The topological polar surface area (TPSA) is 54.0 Å². The van der Waals surface area contributed by atoms with E-state index in [0.717, 1.165) is 26.8 Å². The average Bonchev–Trinajstić information content (AvgIpc) is 3.00. The third-order valence-corrected chi connectivity index (χ3v) is 4.86. The lowest BCUT2D eigenvalue weighted by Crippen LogP contribution is -2.08. The molecule has 2 heterocycles. The van der Waals surface area contributed by atoms with Crippen molar-refractivity contribution in [3.8, 4) is 0 Å². The molecular weight excluding hydrogens is 302 g/mol. The van der Waals surface area contributed by atoms with Crippen molar-refractivity contribution in [3.63, 3.8) is 0 Å². The summed E-state index contributed by atoms with van der Waals surface area (Å²) in [4.78, 5) is 16.7. The molecule has 0 spiro atoms. The highest BCUT2D eigenvalue weighted by atomic mass is 32.1. The highest BCUT2D eigenvalue weighted by Gasteiger charge is 2.06. The van der Waals surface area contributed by atoms with Crippen molar-refractivity contribution in [2.75, 3.05) is 10.6 Å². The van der Waals surface area contributed by atoms with Crippen LogP contribution in [0.1, 0.15) is 16.8 Å². The standard InChI is InChI=1S/C15H15N3OS2/c1-9(19)17-13-5-6-20-15(13)8-16-11-3-4-12-14(7-11)21-10(2)18-12/h3-7,16H,8H2,1-2H3,(H,17,19). The number of anilines is 2. The van der Waals surface area contributed by atoms with Crippen LogP contribution in [-0.2, 0) is 11.3 Å². The third kappa shape index (κ3) is 3.22. The number of benzene rings is 1. The van der Waals surface area contributed by atoms with Crippen molar-refractivity contribution in [1.29, 1.82) is 0 Å². The highest BCUT2D eigenvalue weighted by molar-refractivity contribution is 7.18. The minimum absolute atomic E-state index is 0.0452. The second-order valence-corrected chi connectivity index (χ2v) is 6.94. The number of aromatic nitrogens is 1. The molecular formula is C15H15N3OS2. The van der Waals surface area contributed by atoms with Gasteiger partial charge in [0.2, 0.25) is 5.91 Å². The van der Waals surface area contributed by atoms with E-state index >= 15 is 0 Å². The Morgan fingerprint density at radius 2 is 2.19 bits per heavy atom. The van der Waals surface area contributed by atoms with E-state index in [4.69, 9.17) is 0 Å². The lowest BCUT2D eigenvalue weighted by Gasteiger charge is -2.07. The quantitative estimate of drug-likeness (QED) is 0.757. The van der Waals surface area contributed by atoms with E-state index in [1.54, 1.807) is 22.7 Å². The Kier molecular flexibility index (Phi) is 3.90. The average molecular weight is 317 g/mol. The number of nitrogens with zero attached hydrogens (tertiary/aromatic N) is 1. The van der Waals surface area contributed by atoms with Crippen molar-refractivity contribution in [3.05, 3.63) is 39.5 Å². The van der Waals surface area contributed by atoms with E-state index in [1.807, 2.05) is 30.5 Å². The molecule has 6 heteroatoms. The summed E-state index contributed by atoms with van der Waals surface area (Å²) in [6.45, 7) is 4.23. The van der Waals surface area contributed by atoms with Gasteiger partial charge in [-0.1, -0.05) is 0 Å². The Balaban J connectivity index is 1.74. The SMILES string of the molecule is CC(=O)Nc1ccsc1CNc1ccc2nc(C)sc2c1. The number of thiazole rings is 1. The van der Waals surface area contributed by atoms with Gasteiger partial charge in [0.05, 0.1) is 27.5 Å². The molecule has 0 saturated heterocycles. The van der Waals surface area contributed by atoms with Gasteiger partial charge >= 0.3 is 0 Å². The van der Waals surface area contributed by atoms with Gasteiger partial charge < -0.3 is 10.6 Å². The molecule has 0 aliphatic carbocycles. The van der Waals surface area contributed by atoms with Gasteiger partial charge in [0.25, 0.3) is 0 Å². The lowest BCUT2D eigenvalue weighted by molar-refractivity contribution is -0.114. The first kappa shape index (κ1) is 14.0. The minimum atomic E-state index is -0.0452. The van der Waals surface area contributed by atoms with Gasteiger partial charge in [-0.25, -0.2) is 4.98 Å². The zero-order chi connectivity index (χ0) is 14.8. The molecule has 0 atom stereocenters. The number of hydrogen-bond acceptors (Lipinski definition) is 5. The zero-order valence-electron chi connectivity index (χ0n) is 11.8. The van der Waals surface area contributed by atoms with Gasteiger partial charge in [-0.15, -0.1) is 22.7 Å². The Morgan fingerprint density at radius 3 is 3.00 bits per heavy atom. The van der Waals surface area contributed by atoms with Crippen LogP contribution in [0.25, 0.3) is 10.2 Å². The zero-order valence-corrected chi connectivity index (χ0v) is 13.4. The fourth-order valence-electron chi connectivity index (χ4n) is 2.11. The molecule has 0 unspecified atom stereocenters. The molecule has 1 amide bonds. The summed E-state index contributed by atoms with van der Waals surface area (Å²) in [6, 6.07) is 8.11. The van der Waals surface area contributed by atoms with E-state index in [-0.39, 0.29) is 5.91 Å². The molecule has 2 N–H and O–H groups in total. The Hall–Kier alpha value is -1.92. The molecule has 0 aliphatic heterocycles. The number of hydrogen-bond donors (Lipinski definition) is 2. The Morgan fingerprint density at radius 1 is 1.33 bits per heavy atom. The number of amides is 1. The summed E-state index contributed by atoms with van der Waals surface area (Å²) in [5.41, 5.74) is 2.99. The van der Waals surface area contributed by atoms with Gasteiger partial charge in [0.1, 0.15) is 0 Å². The summed E-state index contributed by atoms with van der Waals surface area (Å²) in [5.74, 6) is -0.0452. The van der Waals surface area contributed by atoms with Crippen molar-refractivity contribution in [1.82, 2.24) is 4.98 Å². The van der Waals surface area contributed by atoms with Gasteiger partial charge in [0.15, 0.2) is 0 Å². The number of carbonyl (C=O) groups is 1. The van der Waals surface area contributed by atoms with Gasteiger partial charge in [-0.2, -0.15) is 0 Å². The summed E-state index contributed by atoms with van der Waals surface area (Å²) >= 11 is 3.33. The van der Waals surface area contributed by atoms with Crippen LogP contribution in [0.5, 0.6) is 0 Å². The predicted molar refractivity (Wildman–Crippen MR) is 90.3 cm³/mol. The largest absolute Gasteiger partial charge is 0.380 e. The first-order chi connectivity index (χ1) is 10.1. The maximum Gasteiger partial charge on any atom is 0.221 e. The van der Waals surface area contributed by atoms with Crippen LogP contribution in [-0.4, -0.2) is 10.9 Å². The second kappa shape index (κ2) is 5.83. The maximum absolute atomic E-state index is 11.2. The Labute approximate surface area is 130 Å². The third-order valence-electron chi connectivity index (χ3n) is 3.00. The lowest BCUT2D eigenvalue weighted by atomic mass is 10.3. The summed E-state index contributed by atoms with van der Waals surface area (Å²) in [6.07, 6.45) is 0. The second-order valence-electron chi connectivity index (χ2n) is 4.71. The van der Waals surface area contributed by atoms with E-state index in [9.17, 15) is 4.79 Å². The smallest absolute Gasteiger partial charge is 0.221 e. The molecule has 3 rings (SSSR count). The maximum atomic E-state index is 11.2. The Bertz CT molecular complexity index is 791. The number of aryl methyl sites for hydroxylation is 1. The van der Waals surface area contributed by atoms with Crippen LogP contribution in [0.15, 0.2) is 29.6 Å². The molecule has 2 aromatic heterocycles. The van der Waals surface area contributed by atoms with E-state index in [0.29, 0.717) is 6.54 Å². The van der Waals surface area contributed by atoms with E-state index < -0.39 is 0 Å². The van der Waals surface area contributed by atoms with Crippen molar-refractivity contribution < 1.29 is 4.79 Å². The molecule has 0 bridgehead atoms. The van der Waals surface area contributed by atoms with Crippen LogP contribution in [0.2, 0.25) is 0 Å². The molecule has 3 aromatic rings. The number of thiophene rings is 1. The van der Waals surface area contributed by atoms with Crippen LogP contribution in [0.3, 0.4) is 0 Å². The van der Waals surface area contributed by atoms with E-state index in [1.165, 1.54) is 11.6 Å². The van der Waals surface area contributed by atoms with E-state index in [2.05, 4.69) is 21.7 Å². The normalized spacial score (nSPS) is 10.8. The number of fused-ring (bicyclic) bond motifs is 1. The molecule has 108 valence electrons. The van der Waals surface area contributed by atoms with Crippen LogP contribution < -0.4 is 10.6 Å². The van der Waals surface area contributed by atoms with Crippen molar-refractivity contribution in [2.24, 2.45) is 0 Å². The van der Waals surface area contributed by atoms with Gasteiger partial charge in [-0.3, -0.25) is 4.79 Å². The van der Waals surface area contributed by atoms with Crippen LogP contribution in [0.4, 0.5) is 11.4 Å². The molecule has 0 fully saturated rings. The number of rotatable bonds is 4. The predicted octanol–water partition coefficient (Wildman–Crippen LogP) is 4.24. The molecule has 0 aliphatic rings. The first-order valence-electron chi connectivity index (χ1n) is 6.57. The van der Waals surface area contributed by atoms with Crippen molar-refractivity contribution >= 4 is 50.2 Å². The summed E-state index contributed by atoms with van der Waals surface area (Å²) < 4.78 is 1.19. The highest BCUT2D eigenvalue weighted by Crippen LogP contribution is 2.27. The van der Waals surface area contributed by atoms with Crippen LogP contribution in [0, 0.1) is 6.92 Å². The fraction of sp³-hybridized carbons (Fsp3) is 0.200. The molecule has 1 aromatic carbocycles.